The molecule has 0 aliphatic rings. The Bertz CT molecular complexity index is 2880. The fourth-order valence-corrected chi connectivity index (χ4v) is 14.0. The van der Waals surface area contributed by atoms with Crippen molar-refractivity contribution < 1.29 is 20.8 Å². The molecule has 10 aromatic rings. The van der Waals surface area contributed by atoms with Crippen LogP contribution in [0.4, 0.5) is 0 Å². The van der Waals surface area contributed by atoms with Gasteiger partial charge in [0.2, 0.25) is 0 Å². The van der Waals surface area contributed by atoms with Crippen molar-refractivity contribution >= 4 is 101 Å². The summed E-state index contributed by atoms with van der Waals surface area (Å²) < 4.78 is 4.67. The van der Waals surface area contributed by atoms with Gasteiger partial charge in [-0.25, -0.2) is 0 Å². The second kappa shape index (κ2) is 13.5. The predicted molar refractivity (Wildman–Crippen MR) is 236 cm³/mol. The Morgan fingerprint density at radius 2 is 0.852 bits per heavy atom. The second-order valence-electron chi connectivity index (χ2n) is 15.3. The summed E-state index contributed by atoms with van der Waals surface area (Å²) in [5.74, 6) is 0. The van der Waals surface area contributed by atoms with E-state index in [1.165, 1.54) is 98.5 Å². The first-order valence-electron chi connectivity index (χ1n) is 18.4. The number of benzene rings is 6. The molecule has 6 heteroatoms. The number of fused-ring (bicyclic) bond motifs is 8. The van der Waals surface area contributed by atoms with E-state index in [9.17, 15) is 0 Å². The first-order valence-corrected chi connectivity index (χ1v) is 27.8. The molecule has 0 aliphatic carbocycles. The Hall–Kier alpha value is -4.18. The molecule has 2 heterocycles. The van der Waals surface area contributed by atoms with Crippen LogP contribution in [0.3, 0.4) is 0 Å². The Labute approximate surface area is 335 Å². The van der Waals surface area contributed by atoms with Gasteiger partial charge in [-0.3, -0.25) is 0 Å². The van der Waals surface area contributed by atoms with Gasteiger partial charge in [0.15, 0.2) is 0 Å². The average molecular weight is 835 g/mol. The Balaban J connectivity index is 0.00000124. The Morgan fingerprint density at radius 3 is 1.28 bits per heavy atom. The summed E-state index contributed by atoms with van der Waals surface area (Å²) in [6.07, 6.45) is 0. The maximum atomic E-state index is 4.93. The Kier molecular flexibility index (Phi) is 8.90. The van der Waals surface area contributed by atoms with Crippen LogP contribution in [0.5, 0.6) is 0 Å². The van der Waals surface area contributed by atoms with Gasteiger partial charge in [0.1, 0.15) is 0 Å². The first-order chi connectivity index (χ1) is 26.1. The minimum atomic E-state index is -2.17. The standard InChI is InChI=1S/C48H40N2Si.2ClH.Zr/c1-29-25-41-33(31-21-23-37-35-13-7-9-19-43(35)49(3)45(37)27-31)15-11-17-39(41)47(29)51(5,6)48-30(2)26-42-34(16-12-18-40(42)48)32-22-24-38-36-14-8-10-20-44(36)50(4)46(38)28-32;;;/h7-28H,1-6H3;2*1H;/q-2;;;+4/p-2. The van der Waals surface area contributed by atoms with Crippen LogP contribution < -0.4 is 10.4 Å². The average Bonchev–Trinajstić information content (AvgIpc) is 3.89. The van der Waals surface area contributed by atoms with Crippen LogP contribution in [0.2, 0.25) is 13.1 Å². The molecule has 0 N–H and O–H groups in total. The maximum absolute atomic E-state index is 4.93. The van der Waals surface area contributed by atoms with E-state index in [0.29, 0.717) is 0 Å². The zero-order valence-corrected chi connectivity index (χ0v) is 36.3. The van der Waals surface area contributed by atoms with Crippen molar-refractivity contribution in [1.29, 1.82) is 0 Å². The molecule has 2 nitrogen and oxygen atoms in total. The van der Waals surface area contributed by atoms with Crippen molar-refractivity contribution in [2.45, 2.75) is 26.9 Å². The fourth-order valence-electron chi connectivity index (χ4n) is 9.82. The van der Waals surface area contributed by atoms with Gasteiger partial charge >= 0.3 is 37.9 Å². The van der Waals surface area contributed by atoms with Crippen molar-refractivity contribution in [2.75, 3.05) is 0 Å². The van der Waals surface area contributed by atoms with Gasteiger partial charge in [-0.05, 0) is 35.4 Å². The molecule has 0 fully saturated rings. The minimum absolute atomic E-state index is 0.826. The molecule has 0 bridgehead atoms. The predicted octanol–water partition coefficient (Wildman–Crippen LogP) is 12.9. The first kappa shape index (κ1) is 35.5. The SMILES string of the molecule is Cc1cc2c(-c3ccc4c5ccccc5n(C)c4c3)cccc2[c-]1[Si](C)(C)[c-]1c(C)cc2c(-c3ccc4c5ccccc5n(C)c4c3)cccc21.[Cl][Zr+2][Cl]. The molecular formula is C48H40Cl2N2SiZr. The van der Waals surface area contributed by atoms with E-state index >= 15 is 0 Å². The molecule has 10 rings (SSSR count). The van der Waals surface area contributed by atoms with Crippen molar-refractivity contribution in [3.63, 3.8) is 0 Å². The van der Waals surface area contributed by atoms with E-state index in [-0.39, 0.29) is 0 Å². The summed E-state index contributed by atoms with van der Waals surface area (Å²) in [6, 6.07) is 50.3. The molecule has 0 amide bonds. The van der Waals surface area contributed by atoms with Gasteiger partial charge in [0.25, 0.3) is 0 Å². The summed E-state index contributed by atoms with van der Waals surface area (Å²) in [6.45, 7) is 9.82. The van der Waals surface area contributed by atoms with Gasteiger partial charge in [0, 0.05) is 65.8 Å². The number of nitrogens with zero attached hydrogens (tertiary/aromatic N) is 2. The van der Waals surface area contributed by atoms with Gasteiger partial charge in [-0.15, -0.1) is 67.3 Å². The monoisotopic (exact) mass is 832 g/mol. The van der Waals surface area contributed by atoms with E-state index in [2.05, 4.69) is 184 Å². The van der Waals surface area contributed by atoms with Crippen molar-refractivity contribution in [2.24, 2.45) is 14.1 Å². The third-order valence-corrected chi connectivity index (χ3v) is 15.8. The van der Waals surface area contributed by atoms with Crippen molar-refractivity contribution in [1.82, 2.24) is 9.13 Å². The summed E-state index contributed by atoms with van der Waals surface area (Å²) in [4.78, 5) is 0. The van der Waals surface area contributed by atoms with Gasteiger partial charge < -0.3 is 9.13 Å². The molecule has 0 aliphatic heterocycles. The van der Waals surface area contributed by atoms with Crippen molar-refractivity contribution in [3.05, 3.63) is 145 Å². The number of aromatic nitrogens is 2. The fraction of sp³-hybridized carbons (Fsp3) is 0.125. The topological polar surface area (TPSA) is 9.86 Å². The molecule has 0 saturated heterocycles. The van der Waals surface area contributed by atoms with E-state index in [4.69, 9.17) is 17.0 Å². The van der Waals surface area contributed by atoms with Gasteiger partial charge in [-0.1, -0.05) is 111 Å². The molecule has 0 saturated carbocycles. The number of halogens is 2. The second-order valence-corrected chi connectivity index (χ2v) is 23.2. The number of hydrogen-bond acceptors (Lipinski definition) is 0. The summed E-state index contributed by atoms with van der Waals surface area (Å²) >= 11 is -0.826. The number of hydrogen-bond donors (Lipinski definition) is 0. The van der Waals surface area contributed by atoms with Crippen LogP contribution >= 0.6 is 17.0 Å². The number of rotatable bonds is 4. The van der Waals surface area contributed by atoms with Crippen LogP contribution in [0.25, 0.3) is 87.4 Å². The molecule has 264 valence electrons. The molecule has 2 aromatic heterocycles. The molecule has 0 radical (unpaired) electrons. The van der Waals surface area contributed by atoms with Crippen LogP contribution in [0.1, 0.15) is 11.1 Å². The van der Waals surface area contributed by atoms with E-state index in [1.54, 1.807) is 10.4 Å². The third kappa shape index (κ3) is 5.36. The van der Waals surface area contributed by atoms with Crippen LogP contribution in [0.15, 0.2) is 133 Å². The normalized spacial score (nSPS) is 12.0. The van der Waals surface area contributed by atoms with E-state index < -0.39 is 28.9 Å². The molecule has 8 aromatic carbocycles. The zero-order chi connectivity index (χ0) is 37.5. The third-order valence-electron chi connectivity index (χ3n) is 12.0. The summed E-state index contributed by atoms with van der Waals surface area (Å²) in [5.41, 5.74) is 13.1. The Morgan fingerprint density at radius 1 is 0.463 bits per heavy atom. The van der Waals surface area contributed by atoms with Crippen LogP contribution in [-0.4, -0.2) is 17.2 Å². The van der Waals surface area contributed by atoms with Crippen LogP contribution in [-0.2, 0) is 34.9 Å². The molecule has 0 atom stereocenters. The van der Waals surface area contributed by atoms with Gasteiger partial charge in [-0.2, -0.15) is 12.1 Å². The molecular weight excluding hydrogens is 795 g/mol. The number of aryl methyl sites for hydroxylation is 4. The van der Waals surface area contributed by atoms with Gasteiger partial charge in [0.05, 0.1) is 0 Å². The summed E-state index contributed by atoms with van der Waals surface area (Å²) in [7, 11) is 12.1. The van der Waals surface area contributed by atoms with Crippen LogP contribution in [0, 0.1) is 13.8 Å². The molecule has 0 spiro atoms. The van der Waals surface area contributed by atoms with E-state index in [1.807, 2.05) is 0 Å². The zero-order valence-electron chi connectivity index (χ0n) is 31.4. The summed E-state index contributed by atoms with van der Waals surface area (Å²) in [5, 5.41) is 13.9. The molecule has 54 heavy (non-hydrogen) atoms. The quantitative estimate of drug-likeness (QED) is 0.123. The number of para-hydroxylation sites is 2. The van der Waals surface area contributed by atoms with E-state index in [0.717, 1.165) is 0 Å². The van der Waals surface area contributed by atoms with Crippen molar-refractivity contribution in [3.8, 4) is 22.3 Å². The molecule has 0 unspecified atom stereocenters.